The molecule has 1 aliphatic heterocycles. The van der Waals surface area contributed by atoms with E-state index < -0.39 is 0 Å². The predicted molar refractivity (Wildman–Crippen MR) is 81.8 cm³/mol. The van der Waals surface area contributed by atoms with Gasteiger partial charge in [-0.25, -0.2) is 0 Å². The predicted octanol–water partition coefficient (Wildman–Crippen LogP) is 3.27. The molecular weight excluding hydrogens is 328 g/mol. The molecular formula is C14H18BrClN2O. The number of halogens is 2. The molecule has 1 aromatic rings. The number of nitrogens with zero attached hydrogens (tertiary/aromatic N) is 2. The van der Waals surface area contributed by atoms with E-state index in [2.05, 4.69) is 27.9 Å². The summed E-state index contributed by atoms with van der Waals surface area (Å²) in [5, 5.41) is 0.573. The molecule has 1 saturated heterocycles. The Kier molecular flexibility index (Phi) is 4.87. The zero-order valence-corrected chi connectivity index (χ0v) is 13.5. The maximum Gasteiger partial charge on any atom is 0.253 e. The first-order valence-corrected chi connectivity index (χ1v) is 7.56. The smallest absolute Gasteiger partial charge is 0.253 e. The van der Waals surface area contributed by atoms with Crippen LogP contribution in [0, 0.1) is 0 Å². The first kappa shape index (κ1) is 14.8. The van der Waals surface area contributed by atoms with Crippen LogP contribution in [-0.4, -0.2) is 48.9 Å². The van der Waals surface area contributed by atoms with Crippen molar-refractivity contribution < 1.29 is 4.79 Å². The van der Waals surface area contributed by atoms with E-state index in [0.29, 0.717) is 16.6 Å². The van der Waals surface area contributed by atoms with Crippen molar-refractivity contribution in [1.29, 1.82) is 0 Å². The second-order valence-corrected chi connectivity index (χ2v) is 6.47. The van der Waals surface area contributed by atoms with E-state index in [4.69, 9.17) is 11.6 Å². The van der Waals surface area contributed by atoms with Crippen LogP contribution < -0.4 is 0 Å². The fourth-order valence-electron chi connectivity index (χ4n) is 2.51. The van der Waals surface area contributed by atoms with Gasteiger partial charge in [-0.05, 0) is 44.6 Å². The lowest BCUT2D eigenvalue weighted by atomic mass is 10.1. The topological polar surface area (TPSA) is 23.6 Å². The number of benzene rings is 1. The van der Waals surface area contributed by atoms with Gasteiger partial charge in [0.05, 0.1) is 0 Å². The Hall–Kier alpha value is -0.580. The molecule has 1 atom stereocenters. The van der Waals surface area contributed by atoms with Crippen LogP contribution in [0.5, 0.6) is 0 Å². The van der Waals surface area contributed by atoms with Gasteiger partial charge < -0.3 is 9.80 Å². The number of likely N-dealkylation sites (N-methyl/N-ethyl adjacent to an activating group) is 2. The maximum absolute atomic E-state index is 12.4. The molecule has 1 aliphatic rings. The molecule has 1 unspecified atom stereocenters. The highest BCUT2D eigenvalue weighted by Crippen LogP contribution is 2.21. The van der Waals surface area contributed by atoms with Gasteiger partial charge >= 0.3 is 0 Å². The summed E-state index contributed by atoms with van der Waals surface area (Å²) in [6.07, 6.45) is 2.37. The molecule has 1 fully saturated rings. The van der Waals surface area contributed by atoms with Crippen LogP contribution in [0.3, 0.4) is 0 Å². The number of carbonyl (C=O) groups excluding carboxylic acids is 1. The minimum absolute atomic E-state index is 0.0171. The van der Waals surface area contributed by atoms with E-state index in [1.54, 1.807) is 17.0 Å². The van der Waals surface area contributed by atoms with Gasteiger partial charge in [-0.15, -0.1) is 0 Å². The van der Waals surface area contributed by atoms with Crippen molar-refractivity contribution in [2.75, 3.05) is 27.2 Å². The summed E-state index contributed by atoms with van der Waals surface area (Å²) in [4.78, 5) is 16.5. The maximum atomic E-state index is 12.4. The lowest BCUT2D eigenvalue weighted by Gasteiger charge is -2.26. The van der Waals surface area contributed by atoms with Crippen LogP contribution in [0.2, 0.25) is 5.02 Å². The Morgan fingerprint density at radius 3 is 2.84 bits per heavy atom. The van der Waals surface area contributed by atoms with Crippen LogP contribution in [0.1, 0.15) is 23.2 Å². The summed E-state index contributed by atoms with van der Waals surface area (Å²) in [5.74, 6) is 0.0171. The summed E-state index contributed by atoms with van der Waals surface area (Å²) in [7, 11) is 3.97. The SMILES string of the molecule is CN(CC1CCCN1C)C(=O)c1cc(Cl)cc(Br)c1. The number of amides is 1. The molecule has 0 spiro atoms. The van der Waals surface area contributed by atoms with Gasteiger partial charge in [0.15, 0.2) is 0 Å². The van der Waals surface area contributed by atoms with Crippen molar-refractivity contribution >= 4 is 33.4 Å². The molecule has 0 aliphatic carbocycles. The Morgan fingerprint density at radius 2 is 2.26 bits per heavy atom. The number of likely N-dealkylation sites (tertiary alicyclic amines) is 1. The molecule has 0 bridgehead atoms. The Balaban J connectivity index is 2.06. The molecule has 3 nitrogen and oxygen atoms in total. The molecule has 1 amide bonds. The van der Waals surface area contributed by atoms with Gasteiger partial charge in [0, 0.05) is 34.7 Å². The average molecular weight is 346 g/mol. The third kappa shape index (κ3) is 3.71. The first-order chi connectivity index (χ1) is 8.97. The van der Waals surface area contributed by atoms with Crippen LogP contribution in [0.15, 0.2) is 22.7 Å². The van der Waals surface area contributed by atoms with Crippen LogP contribution in [0.25, 0.3) is 0 Å². The molecule has 104 valence electrons. The average Bonchev–Trinajstić information content (AvgIpc) is 2.72. The molecule has 0 radical (unpaired) electrons. The van der Waals surface area contributed by atoms with E-state index >= 15 is 0 Å². The zero-order valence-electron chi connectivity index (χ0n) is 11.2. The van der Waals surface area contributed by atoms with Crippen LogP contribution >= 0.6 is 27.5 Å². The molecule has 1 aromatic carbocycles. The van der Waals surface area contributed by atoms with Crippen molar-refractivity contribution in [3.8, 4) is 0 Å². The summed E-state index contributed by atoms with van der Waals surface area (Å²) >= 11 is 9.35. The third-order valence-electron chi connectivity index (χ3n) is 3.61. The van der Waals surface area contributed by atoms with Gasteiger partial charge in [-0.2, -0.15) is 0 Å². The molecule has 0 aromatic heterocycles. The van der Waals surface area contributed by atoms with Gasteiger partial charge in [0.2, 0.25) is 0 Å². The normalized spacial score (nSPS) is 19.7. The standard InChI is InChI=1S/C14H18BrClN2O/c1-17-5-3-4-13(17)9-18(2)14(19)10-6-11(15)8-12(16)7-10/h6-8,13H,3-5,9H2,1-2H3. The molecule has 19 heavy (non-hydrogen) atoms. The summed E-state index contributed by atoms with van der Waals surface area (Å²) < 4.78 is 0.828. The van der Waals surface area contributed by atoms with Gasteiger partial charge in [-0.3, -0.25) is 4.79 Å². The first-order valence-electron chi connectivity index (χ1n) is 6.39. The zero-order chi connectivity index (χ0) is 14.0. The van der Waals surface area contributed by atoms with E-state index in [-0.39, 0.29) is 5.91 Å². The Morgan fingerprint density at radius 1 is 1.53 bits per heavy atom. The molecule has 0 N–H and O–H groups in total. The van der Waals surface area contributed by atoms with Gasteiger partial charge in [0.25, 0.3) is 5.91 Å². The minimum Gasteiger partial charge on any atom is -0.340 e. The highest BCUT2D eigenvalue weighted by Gasteiger charge is 2.24. The Labute approximate surface area is 127 Å². The molecule has 0 saturated carbocycles. The second kappa shape index (κ2) is 6.25. The highest BCUT2D eigenvalue weighted by molar-refractivity contribution is 9.10. The molecule has 2 rings (SSSR count). The highest BCUT2D eigenvalue weighted by atomic mass is 79.9. The second-order valence-electron chi connectivity index (χ2n) is 5.12. The quantitative estimate of drug-likeness (QED) is 0.839. The van der Waals surface area contributed by atoms with Crippen LogP contribution in [-0.2, 0) is 0 Å². The minimum atomic E-state index is 0.0171. The summed E-state index contributed by atoms with van der Waals surface area (Å²) in [6.45, 7) is 1.88. The number of rotatable bonds is 3. The fourth-order valence-corrected chi connectivity index (χ4v) is 3.37. The largest absolute Gasteiger partial charge is 0.340 e. The number of carbonyl (C=O) groups is 1. The molecule has 5 heteroatoms. The molecule has 1 heterocycles. The lowest BCUT2D eigenvalue weighted by Crippen LogP contribution is -2.39. The summed E-state index contributed by atoms with van der Waals surface area (Å²) in [5.41, 5.74) is 0.627. The van der Waals surface area contributed by atoms with Gasteiger partial charge in [0.1, 0.15) is 0 Å². The van der Waals surface area contributed by atoms with Crippen molar-refractivity contribution in [3.63, 3.8) is 0 Å². The fraction of sp³-hybridized carbons (Fsp3) is 0.500. The van der Waals surface area contributed by atoms with Crippen molar-refractivity contribution in [3.05, 3.63) is 33.3 Å². The van der Waals surface area contributed by atoms with Crippen LogP contribution in [0.4, 0.5) is 0 Å². The summed E-state index contributed by atoms with van der Waals surface area (Å²) in [6, 6.07) is 5.77. The monoisotopic (exact) mass is 344 g/mol. The van der Waals surface area contributed by atoms with Crippen molar-refractivity contribution in [1.82, 2.24) is 9.80 Å². The lowest BCUT2D eigenvalue weighted by molar-refractivity contribution is 0.0761. The Bertz CT molecular complexity index is 460. The van der Waals surface area contributed by atoms with E-state index in [1.807, 2.05) is 13.1 Å². The van der Waals surface area contributed by atoms with Crippen molar-refractivity contribution in [2.45, 2.75) is 18.9 Å². The van der Waals surface area contributed by atoms with E-state index in [1.165, 1.54) is 6.42 Å². The number of hydrogen-bond acceptors (Lipinski definition) is 2. The van der Waals surface area contributed by atoms with Gasteiger partial charge in [-0.1, -0.05) is 27.5 Å². The number of hydrogen-bond donors (Lipinski definition) is 0. The van der Waals surface area contributed by atoms with Crippen molar-refractivity contribution in [2.24, 2.45) is 0 Å². The van der Waals surface area contributed by atoms with E-state index in [0.717, 1.165) is 24.0 Å². The third-order valence-corrected chi connectivity index (χ3v) is 4.29. The van der Waals surface area contributed by atoms with E-state index in [9.17, 15) is 4.79 Å².